The van der Waals surface area contributed by atoms with Crippen molar-refractivity contribution in [2.75, 3.05) is 37.3 Å². The number of benzene rings is 1. The van der Waals surface area contributed by atoms with Crippen molar-refractivity contribution in [3.63, 3.8) is 0 Å². The van der Waals surface area contributed by atoms with Crippen LogP contribution in [0.2, 0.25) is 0 Å². The Morgan fingerprint density at radius 1 is 1.33 bits per heavy atom. The van der Waals surface area contributed by atoms with Gasteiger partial charge in [-0.15, -0.1) is 0 Å². The van der Waals surface area contributed by atoms with E-state index in [-0.39, 0.29) is 6.04 Å². The van der Waals surface area contributed by atoms with Crippen LogP contribution >= 0.6 is 0 Å². The van der Waals surface area contributed by atoms with E-state index in [9.17, 15) is 8.42 Å². The maximum atomic E-state index is 11.8. The highest BCUT2D eigenvalue weighted by atomic mass is 32.2. The molecule has 1 saturated heterocycles. The lowest BCUT2D eigenvalue weighted by atomic mass is 10.1. The Balaban J connectivity index is 1.89. The van der Waals surface area contributed by atoms with E-state index in [0.717, 1.165) is 16.6 Å². The normalized spacial score (nSPS) is 21.0. The van der Waals surface area contributed by atoms with E-state index in [1.807, 2.05) is 24.4 Å². The third kappa shape index (κ3) is 2.64. The molecule has 7 heteroatoms. The Morgan fingerprint density at radius 2 is 2.10 bits per heavy atom. The van der Waals surface area contributed by atoms with Crippen LogP contribution in [-0.2, 0) is 10.0 Å². The van der Waals surface area contributed by atoms with Crippen molar-refractivity contribution in [1.82, 2.24) is 9.29 Å². The molecule has 21 heavy (non-hydrogen) atoms. The lowest BCUT2D eigenvalue weighted by Gasteiger charge is -2.40. The molecule has 2 aromatic rings. The summed E-state index contributed by atoms with van der Waals surface area (Å²) < 4.78 is 25.1. The summed E-state index contributed by atoms with van der Waals surface area (Å²) in [5.41, 5.74) is 7.97. The van der Waals surface area contributed by atoms with Gasteiger partial charge in [0.05, 0.1) is 18.0 Å². The van der Waals surface area contributed by atoms with Gasteiger partial charge in [-0.3, -0.25) is 0 Å². The number of anilines is 1. The first-order valence-electron chi connectivity index (χ1n) is 6.98. The zero-order valence-electron chi connectivity index (χ0n) is 12.0. The van der Waals surface area contributed by atoms with Crippen LogP contribution in [0, 0.1) is 0 Å². The topological polar surface area (TPSA) is 82.4 Å². The number of piperazine rings is 1. The number of rotatable bonds is 3. The predicted molar refractivity (Wildman–Crippen MR) is 84.9 cm³/mol. The van der Waals surface area contributed by atoms with Crippen LogP contribution in [0.5, 0.6) is 0 Å². The van der Waals surface area contributed by atoms with E-state index in [1.54, 1.807) is 0 Å². The van der Waals surface area contributed by atoms with E-state index in [0.29, 0.717) is 26.2 Å². The molecular formula is C14H20N4O2S. The quantitative estimate of drug-likeness (QED) is 0.869. The molecule has 0 radical (unpaired) electrons. The molecule has 0 amide bonds. The number of sulfonamides is 1. The van der Waals surface area contributed by atoms with Gasteiger partial charge in [-0.1, -0.05) is 18.2 Å². The Bertz CT molecular complexity index is 740. The number of aromatic nitrogens is 1. The molecular weight excluding hydrogens is 288 g/mol. The molecule has 1 aromatic heterocycles. The van der Waals surface area contributed by atoms with Crippen LogP contribution in [0.4, 0.5) is 5.69 Å². The maximum absolute atomic E-state index is 11.8. The van der Waals surface area contributed by atoms with Crippen molar-refractivity contribution in [3.05, 3.63) is 30.5 Å². The van der Waals surface area contributed by atoms with Crippen molar-refractivity contribution >= 4 is 26.6 Å². The van der Waals surface area contributed by atoms with Gasteiger partial charge in [0.15, 0.2) is 0 Å². The smallest absolute Gasteiger partial charge is 0.211 e. The van der Waals surface area contributed by atoms with Gasteiger partial charge >= 0.3 is 0 Å². The van der Waals surface area contributed by atoms with Gasteiger partial charge in [-0.05, 0) is 6.07 Å². The van der Waals surface area contributed by atoms with E-state index in [1.165, 1.54) is 10.6 Å². The first kappa shape index (κ1) is 14.4. The number of nitrogens with two attached hydrogens (primary N) is 1. The molecule has 1 unspecified atom stereocenters. The number of aromatic amines is 1. The molecule has 1 aliphatic heterocycles. The summed E-state index contributed by atoms with van der Waals surface area (Å²) >= 11 is 0. The molecule has 1 aliphatic rings. The highest BCUT2D eigenvalue weighted by molar-refractivity contribution is 7.88. The van der Waals surface area contributed by atoms with E-state index >= 15 is 0 Å². The van der Waals surface area contributed by atoms with Crippen LogP contribution in [0.1, 0.15) is 0 Å². The summed E-state index contributed by atoms with van der Waals surface area (Å²) in [5, 5.41) is 1.15. The van der Waals surface area contributed by atoms with Crippen molar-refractivity contribution in [2.45, 2.75) is 6.04 Å². The number of hydrogen-bond acceptors (Lipinski definition) is 4. The summed E-state index contributed by atoms with van der Waals surface area (Å²) in [7, 11) is -3.20. The van der Waals surface area contributed by atoms with Crippen LogP contribution in [0.25, 0.3) is 10.9 Å². The minimum Gasteiger partial charge on any atom is -0.367 e. The lowest BCUT2D eigenvalue weighted by Crippen LogP contribution is -2.57. The number of nitrogens with zero attached hydrogens (tertiary/aromatic N) is 2. The third-order valence-corrected chi connectivity index (χ3v) is 5.37. The second kappa shape index (κ2) is 5.32. The van der Waals surface area contributed by atoms with Crippen LogP contribution in [0.15, 0.2) is 30.5 Å². The van der Waals surface area contributed by atoms with Gasteiger partial charge in [-0.2, -0.15) is 4.31 Å². The highest BCUT2D eigenvalue weighted by Crippen LogP contribution is 2.28. The fourth-order valence-electron chi connectivity index (χ4n) is 3.00. The summed E-state index contributed by atoms with van der Waals surface area (Å²) in [6.45, 7) is 2.09. The predicted octanol–water partition coefficient (Wildman–Crippen LogP) is 0.577. The average Bonchev–Trinajstić information content (AvgIpc) is 2.89. The van der Waals surface area contributed by atoms with Crippen molar-refractivity contribution in [3.8, 4) is 0 Å². The first-order chi connectivity index (χ1) is 10.0. The van der Waals surface area contributed by atoms with Crippen LogP contribution in [0.3, 0.4) is 0 Å². The zero-order chi connectivity index (χ0) is 15.0. The highest BCUT2D eigenvalue weighted by Gasteiger charge is 2.32. The van der Waals surface area contributed by atoms with Gasteiger partial charge in [0.25, 0.3) is 0 Å². The molecule has 1 aromatic carbocycles. The standard InChI is InChI=1S/C14H20N4O2S/c1-21(19,20)18-7-6-17(10-11(18)8-15)14-9-16-13-5-3-2-4-12(13)14/h2-5,9,11,16H,6-8,10,15H2,1H3. The van der Waals surface area contributed by atoms with Gasteiger partial charge in [-0.25, -0.2) is 8.42 Å². The zero-order valence-corrected chi connectivity index (χ0v) is 12.8. The minimum absolute atomic E-state index is 0.178. The average molecular weight is 308 g/mol. The van der Waals surface area contributed by atoms with E-state index in [4.69, 9.17) is 5.73 Å². The van der Waals surface area contributed by atoms with Crippen molar-refractivity contribution < 1.29 is 8.42 Å². The molecule has 0 saturated carbocycles. The van der Waals surface area contributed by atoms with Gasteiger partial charge in [0.1, 0.15) is 0 Å². The number of para-hydroxylation sites is 1. The number of nitrogens with one attached hydrogen (secondary N) is 1. The Morgan fingerprint density at radius 3 is 2.81 bits per heavy atom. The lowest BCUT2D eigenvalue weighted by molar-refractivity contribution is 0.297. The van der Waals surface area contributed by atoms with Crippen LogP contribution in [-0.4, -0.2) is 56.2 Å². The van der Waals surface area contributed by atoms with Crippen molar-refractivity contribution in [1.29, 1.82) is 0 Å². The largest absolute Gasteiger partial charge is 0.367 e. The Hall–Kier alpha value is -1.57. The SMILES string of the molecule is CS(=O)(=O)N1CCN(c2c[nH]c3ccccc23)CC1CN. The molecule has 3 rings (SSSR count). The molecule has 0 bridgehead atoms. The van der Waals surface area contributed by atoms with E-state index < -0.39 is 10.0 Å². The van der Waals surface area contributed by atoms with E-state index in [2.05, 4.69) is 16.0 Å². The molecule has 3 N–H and O–H groups in total. The minimum atomic E-state index is -3.20. The fraction of sp³-hybridized carbons (Fsp3) is 0.429. The van der Waals surface area contributed by atoms with Crippen molar-refractivity contribution in [2.24, 2.45) is 5.73 Å². The molecule has 0 aliphatic carbocycles. The Labute approximate surface area is 124 Å². The first-order valence-corrected chi connectivity index (χ1v) is 8.83. The van der Waals surface area contributed by atoms with Gasteiger partial charge in [0.2, 0.25) is 10.0 Å². The summed E-state index contributed by atoms with van der Waals surface area (Å²) in [5.74, 6) is 0. The molecule has 6 nitrogen and oxygen atoms in total. The second-order valence-electron chi connectivity index (χ2n) is 5.43. The summed E-state index contributed by atoms with van der Waals surface area (Å²) in [6.07, 6.45) is 3.23. The molecule has 2 heterocycles. The number of hydrogen-bond donors (Lipinski definition) is 2. The maximum Gasteiger partial charge on any atom is 0.211 e. The second-order valence-corrected chi connectivity index (χ2v) is 7.36. The molecule has 114 valence electrons. The molecule has 1 fully saturated rings. The fourth-order valence-corrected chi connectivity index (χ4v) is 4.11. The molecule has 1 atom stereocenters. The summed E-state index contributed by atoms with van der Waals surface area (Å²) in [6, 6.07) is 7.93. The number of H-pyrrole nitrogens is 1. The summed E-state index contributed by atoms with van der Waals surface area (Å²) in [4.78, 5) is 5.46. The van der Waals surface area contributed by atoms with Crippen LogP contribution < -0.4 is 10.6 Å². The number of fused-ring (bicyclic) bond motifs is 1. The molecule has 0 spiro atoms. The monoisotopic (exact) mass is 308 g/mol. The van der Waals surface area contributed by atoms with Gasteiger partial charge < -0.3 is 15.6 Å². The van der Waals surface area contributed by atoms with Gasteiger partial charge in [0, 0.05) is 43.3 Å². The third-order valence-electron chi connectivity index (χ3n) is 4.03. The Kier molecular flexibility index (Phi) is 3.64.